The van der Waals surface area contributed by atoms with Crippen LogP contribution in [0.25, 0.3) is 0 Å². The average molecular weight is 389 g/mol. The summed E-state index contributed by atoms with van der Waals surface area (Å²) in [5.74, 6) is -0.397. The highest BCUT2D eigenvalue weighted by Crippen LogP contribution is 2.16. The second kappa shape index (κ2) is 9.54. The molecule has 2 aliphatic heterocycles. The summed E-state index contributed by atoms with van der Waals surface area (Å²) in [5.41, 5.74) is 0.971. The summed E-state index contributed by atoms with van der Waals surface area (Å²) in [6, 6.07) is 8.92. The number of nitrogens with one attached hydrogen (secondary N) is 1. The Morgan fingerprint density at radius 1 is 1.21 bits per heavy atom. The topological polar surface area (TPSA) is 88.2 Å². The van der Waals surface area contributed by atoms with Crippen molar-refractivity contribution in [3.8, 4) is 0 Å². The van der Waals surface area contributed by atoms with Crippen molar-refractivity contribution < 1.29 is 23.9 Å². The minimum Gasteiger partial charge on any atom is -0.450 e. The first-order valence-electron chi connectivity index (χ1n) is 9.71. The minimum atomic E-state index is -0.649. The highest BCUT2D eigenvalue weighted by atomic mass is 16.6. The quantitative estimate of drug-likeness (QED) is 0.816. The molecule has 2 saturated heterocycles. The summed E-state index contributed by atoms with van der Waals surface area (Å²) >= 11 is 0. The van der Waals surface area contributed by atoms with Crippen LogP contribution >= 0.6 is 0 Å². The van der Waals surface area contributed by atoms with Gasteiger partial charge in [0.15, 0.2) is 0 Å². The molecule has 8 heteroatoms. The summed E-state index contributed by atoms with van der Waals surface area (Å²) in [6.07, 6.45) is 1.00. The fraction of sp³-hybridized carbons (Fsp3) is 0.550. The maximum Gasteiger partial charge on any atom is 0.409 e. The number of ether oxygens (including phenoxy) is 2. The lowest BCUT2D eigenvalue weighted by Gasteiger charge is -2.37. The molecule has 0 bridgehead atoms. The molecule has 2 fully saturated rings. The van der Waals surface area contributed by atoms with Crippen molar-refractivity contribution in [3.05, 3.63) is 35.9 Å². The zero-order valence-electron chi connectivity index (χ0n) is 16.1. The second-order valence-electron chi connectivity index (χ2n) is 7.01. The molecule has 0 aliphatic carbocycles. The van der Waals surface area contributed by atoms with Gasteiger partial charge in [-0.25, -0.2) is 4.79 Å². The van der Waals surface area contributed by atoms with Crippen molar-refractivity contribution >= 4 is 17.9 Å². The maximum atomic E-state index is 12.8. The van der Waals surface area contributed by atoms with Crippen LogP contribution in [0, 0.1) is 0 Å². The Morgan fingerprint density at radius 2 is 1.93 bits per heavy atom. The predicted octanol–water partition coefficient (Wildman–Crippen LogP) is 1.15. The van der Waals surface area contributed by atoms with Crippen molar-refractivity contribution in [2.45, 2.75) is 38.4 Å². The summed E-state index contributed by atoms with van der Waals surface area (Å²) in [5, 5.41) is 3.02. The van der Waals surface area contributed by atoms with Gasteiger partial charge in [0.25, 0.3) is 0 Å². The number of hydrogen-bond donors (Lipinski definition) is 1. The van der Waals surface area contributed by atoms with E-state index in [1.165, 1.54) is 0 Å². The zero-order chi connectivity index (χ0) is 19.9. The Morgan fingerprint density at radius 3 is 2.61 bits per heavy atom. The van der Waals surface area contributed by atoms with E-state index in [-0.39, 0.29) is 37.2 Å². The van der Waals surface area contributed by atoms with Gasteiger partial charge < -0.3 is 24.6 Å². The summed E-state index contributed by atoms with van der Waals surface area (Å²) in [7, 11) is 0. The van der Waals surface area contributed by atoms with E-state index in [9.17, 15) is 14.4 Å². The van der Waals surface area contributed by atoms with E-state index in [1.807, 2.05) is 30.3 Å². The third-order valence-electron chi connectivity index (χ3n) is 5.06. The van der Waals surface area contributed by atoms with Crippen LogP contribution in [-0.4, -0.2) is 72.7 Å². The molecule has 152 valence electrons. The van der Waals surface area contributed by atoms with Gasteiger partial charge in [-0.2, -0.15) is 0 Å². The molecule has 0 saturated carbocycles. The van der Waals surface area contributed by atoms with E-state index < -0.39 is 6.04 Å². The van der Waals surface area contributed by atoms with Crippen LogP contribution < -0.4 is 5.32 Å². The molecule has 0 aromatic heterocycles. The number of carbonyl (C=O) groups excluding carboxylic acids is 3. The Bertz CT molecular complexity index is 688. The molecule has 3 rings (SSSR count). The largest absolute Gasteiger partial charge is 0.450 e. The Hall–Kier alpha value is -2.61. The Balaban J connectivity index is 1.56. The molecule has 0 radical (unpaired) electrons. The SMILES string of the molecule is CCOC(=O)N1CCC(NC(=O)C2COCC(=O)N2Cc2ccccc2)CC1. The van der Waals surface area contributed by atoms with Crippen LogP contribution in [-0.2, 0) is 25.6 Å². The lowest BCUT2D eigenvalue weighted by molar-refractivity contribution is -0.156. The molecule has 1 unspecified atom stereocenters. The van der Waals surface area contributed by atoms with Crippen molar-refractivity contribution in [3.63, 3.8) is 0 Å². The van der Waals surface area contributed by atoms with Crippen molar-refractivity contribution in [2.24, 2.45) is 0 Å². The number of benzene rings is 1. The summed E-state index contributed by atoms with van der Waals surface area (Å²) in [6.45, 7) is 3.76. The average Bonchev–Trinajstić information content (AvgIpc) is 2.71. The van der Waals surface area contributed by atoms with E-state index >= 15 is 0 Å². The summed E-state index contributed by atoms with van der Waals surface area (Å²) in [4.78, 5) is 40.2. The fourth-order valence-corrected chi connectivity index (χ4v) is 3.52. The number of likely N-dealkylation sites (tertiary alicyclic amines) is 1. The molecule has 2 aliphatic rings. The van der Waals surface area contributed by atoms with Crippen molar-refractivity contribution in [1.82, 2.24) is 15.1 Å². The van der Waals surface area contributed by atoms with E-state index in [0.29, 0.717) is 39.1 Å². The lowest BCUT2D eigenvalue weighted by Crippen LogP contribution is -2.58. The van der Waals surface area contributed by atoms with Crippen molar-refractivity contribution in [1.29, 1.82) is 0 Å². The van der Waals surface area contributed by atoms with Gasteiger partial charge in [-0.3, -0.25) is 9.59 Å². The first kappa shape index (κ1) is 20.1. The van der Waals surface area contributed by atoms with E-state index in [2.05, 4.69) is 5.32 Å². The molecule has 3 amide bonds. The third-order valence-corrected chi connectivity index (χ3v) is 5.06. The number of hydrogen-bond acceptors (Lipinski definition) is 5. The lowest BCUT2D eigenvalue weighted by atomic mass is 10.0. The number of rotatable bonds is 5. The molecular formula is C20H27N3O5. The minimum absolute atomic E-state index is 0.00541. The van der Waals surface area contributed by atoms with Crippen LogP contribution in [0.15, 0.2) is 30.3 Å². The number of morpholine rings is 1. The fourth-order valence-electron chi connectivity index (χ4n) is 3.52. The smallest absolute Gasteiger partial charge is 0.409 e. The molecule has 1 aromatic carbocycles. The van der Waals surface area contributed by atoms with Crippen LogP contribution in [0.4, 0.5) is 4.79 Å². The number of amides is 3. The highest BCUT2D eigenvalue weighted by molar-refractivity contribution is 5.89. The first-order chi connectivity index (χ1) is 13.6. The van der Waals surface area contributed by atoms with Gasteiger partial charge in [0.2, 0.25) is 11.8 Å². The predicted molar refractivity (Wildman–Crippen MR) is 101 cm³/mol. The Labute approximate surface area is 164 Å². The van der Waals surface area contributed by atoms with E-state index in [1.54, 1.807) is 16.7 Å². The van der Waals surface area contributed by atoms with Gasteiger partial charge >= 0.3 is 6.09 Å². The van der Waals surface area contributed by atoms with Gasteiger partial charge in [-0.05, 0) is 25.3 Å². The molecule has 2 heterocycles. The van der Waals surface area contributed by atoms with Crippen LogP contribution in [0.5, 0.6) is 0 Å². The van der Waals surface area contributed by atoms with Crippen LogP contribution in [0.3, 0.4) is 0 Å². The first-order valence-corrected chi connectivity index (χ1v) is 9.71. The molecule has 28 heavy (non-hydrogen) atoms. The van der Waals surface area contributed by atoms with Gasteiger partial charge in [-0.15, -0.1) is 0 Å². The highest BCUT2D eigenvalue weighted by Gasteiger charge is 2.35. The van der Waals surface area contributed by atoms with Gasteiger partial charge in [0, 0.05) is 25.7 Å². The van der Waals surface area contributed by atoms with Crippen LogP contribution in [0.1, 0.15) is 25.3 Å². The maximum absolute atomic E-state index is 12.8. The number of piperidine rings is 1. The van der Waals surface area contributed by atoms with Gasteiger partial charge in [0.05, 0.1) is 13.2 Å². The van der Waals surface area contributed by atoms with E-state index in [4.69, 9.17) is 9.47 Å². The normalized spacial score (nSPS) is 20.8. The Kier molecular flexibility index (Phi) is 6.86. The number of carbonyl (C=O) groups is 3. The van der Waals surface area contributed by atoms with Crippen LogP contribution in [0.2, 0.25) is 0 Å². The molecule has 1 atom stereocenters. The van der Waals surface area contributed by atoms with Gasteiger partial charge in [0.1, 0.15) is 12.6 Å². The standard InChI is InChI=1S/C20H27N3O5/c1-2-28-20(26)22-10-8-16(9-11-22)21-19(25)17-13-27-14-18(24)23(17)12-15-6-4-3-5-7-15/h3-7,16-17H,2,8-14H2,1H3,(H,21,25). The molecule has 1 aromatic rings. The van der Waals surface area contributed by atoms with E-state index in [0.717, 1.165) is 5.56 Å². The molecule has 0 spiro atoms. The summed E-state index contributed by atoms with van der Waals surface area (Å²) < 4.78 is 10.3. The van der Waals surface area contributed by atoms with Gasteiger partial charge in [-0.1, -0.05) is 30.3 Å². The number of nitrogens with zero attached hydrogens (tertiary/aromatic N) is 2. The monoisotopic (exact) mass is 389 g/mol. The molecular weight excluding hydrogens is 362 g/mol. The van der Waals surface area contributed by atoms with Crippen molar-refractivity contribution in [2.75, 3.05) is 32.9 Å². The molecule has 8 nitrogen and oxygen atoms in total. The zero-order valence-corrected chi connectivity index (χ0v) is 16.1. The molecule has 1 N–H and O–H groups in total. The second-order valence-corrected chi connectivity index (χ2v) is 7.01. The third kappa shape index (κ3) is 5.01.